The average Bonchev–Trinajstić information content (AvgIpc) is 2.75. The summed E-state index contributed by atoms with van der Waals surface area (Å²) in [5, 5.41) is 0. The lowest BCUT2D eigenvalue weighted by molar-refractivity contribution is 0.275. The summed E-state index contributed by atoms with van der Waals surface area (Å²) in [6.07, 6.45) is 12.3. The lowest BCUT2D eigenvalue weighted by Crippen LogP contribution is -2.51. The van der Waals surface area contributed by atoms with E-state index in [1.165, 1.54) is 0 Å². The van der Waals surface area contributed by atoms with Crippen LogP contribution in [0.15, 0.2) is 47.6 Å². The molecule has 0 saturated heterocycles. The van der Waals surface area contributed by atoms with Crippen LogP contribution < -0.4 is 0 Å². The predicted molar refractivity (Wildman–Crippen MR) is 76.7 cm³/mol. The van der Waals surface area contributed by atoms with Gasteiger partial charge in [-0.25, -0.2) is 0 Å². The molecule has 0 aromatic rings. The van der Waals surface area contributed by atoms with Gasteiger partial charge in [0.2, 0.25) is 0 Å². The summed E-state index contributed by atoms with van der Waals surface area (Å²) in [5.74, 6) is 0. The van der Waals surface area contributed by atoms with E-state index in [0.29, 0.717) is 0 Å². The first-order valence-electron chi connectivity index (χ1n) is 5.87. The lowest BCUT2D eigenvalue weighted by Gasteiger charge is -2.49. The first-order valence-corrected chi connectivity index (χ1v) is 6.62. The topological polar surface area (TPSA) is 0 Å². The van der Waals surface area contributed by atoms with Crippen LogP contribution in [-0.4, -0.2) is 9.75 Å². The molecule has 2 aliphatic rings. The molecule has 2 aliphatic carbocycles. The fraction of sp³-hybridized carbons (Fsp3) is 0.467. The maximum absolute atomic E-state index is 6.85. The highest BCUT2D eigenvalue weighted by molar-refractivity contribution is 6.32. The van der Waals surface area contributed by atoms with E-state index in [1.54, 1.807) is 0 Å². The van der Waals surface area contributed by atoms with Crippen LogP contribution in [0.5, 0.6) is 0 Å². The zero-order chi connectivity index (χ0) is 12.9. The van der Waals surface area contributed by atoms with Crippen LogP contribution in [-0.2, 0) is 0 Å². The zero-order valence-electron chi connectivity index (χ0n) is 10.7. The molecule has 0 aromatic carbocycles. The van der Waals surface area contributed by atoms with Crippen molar-refractivity contribution in [2.24, 2.45) is 5.41 Å². The molecule has 0 saturated carbocycles. The highest BCUT2D eigenvalue weighted by Gasteiger charge is 2.56. The molecule has 0 N–H and O–H groups in total. The van der Waals surface area contributed by atoms with Crippen LogP contribution in [0.2, 0.25) is 0 Å². The SMILES string of the molecule is CC1=CC=CC1(Cl)C(C)(C)C1(Cl)C=CC=C1C. The third-order valence-corrected chi connectivity index (χ3v) is 6.10. The Morgan fingerprint density at radius 2 is 1.24 bits per heavy atom. The van der Waals surface area contributed by atoms with Gasteiger partial charge in [0, 0.05) is 5.41 Å². The Labute approximate surface area is 114 Å². The molecule has 0 amide bonds. The maximum Gasteiger partial charge on any atom is 0.0912 e. The van der Waals surface area contributed by atoms with Gasteiger partial charge in [-0.15, -0.1) is 23.2 Å². The van der Waals surface area contributed by atoms with Crippen molar-refractivity contribution in [2.45, 2.75) is 37.4 Å². The fourth-order valence-electron chi connectivity index (χ4n) is 2.82. The molecule has 2 atom stereocenters. The van der Waals surface area contributed by atoms with Crippen LogP contribution >= 0.6 is 23.2 Å². The first-order chi connectivity index (χ1) is 7.76. The van der Waals surface area contributed by atoms with E-state index in [0.717, 1.165) is 11.1 Å². The van der Waals surface area contributed by atoms with E-state index < -0.39 is 9.75 Å². The van der Waals surface area contributed by atoms with E-state index in [4.69, 9.17) is 23.2 Å². The van der Waals surface area contributed by atoms with Crippen LogP contribution in [0.4, 0.5) is 0 Å². The smallest absolute Gasteiger partial charge is 0.0912 e. The van der Waals surface area contributed by atoms with Crippen molar-refractivity contribution in [3.8, 4) is 0 Å². The number of hydrogen-bond acceptors (Lipinski definition) is 0. The molecule has 2 heteroatoms. The number of halogens is 2. The second-order valence-corrected chi connectivity index (χ2v) is 6.66. The molecule has 2 unspecified atom stereocenters. The molecular formula is C15H18Cl2. The van der Waals surface area contributed by atoms with Gasteiger partial charge in [0.15, 0.2) is 0 Å². The summed E-state index contributed by atoms with van der Waals surface area (Å²) in [6.45, 7) is 8.39. The monoisotopic (exact) mass is 268 g/mol. The minimum Gasteiger partial charge on any atom is -0.109 e. The minimum atomic E-state index is -0.515. The minimum absolute atomic E-state index is 0.301. The first kappa shape index (κ1) is 13.0. The number of hydrogen-bond donors (Lipinski definition) is 0. The average molecular weight is 269 g/mol. The van der Waals surface area contributed by atoms with Crippen molar-refractivity contribution in [3.63, 3.8) is 0 Å². The molecule has 0 heterocycles. The number of alkyl halides is 2. The molecule has 0 fully saturated rings. The fourth-order valence-corrected chi connectivity index (χ4v) is 3.44. The quantitative estimate of drug-likeness (QED) is 0.619. The Hall–Kier alpha value is -0.460. The van der Waals surface area contributed by atoms with Gasteiger partial charge in [-0.3, -0.25) is 0 Å². The normalized spacial score (nSPS) is 36.4. The lowest BCUT2D eigenvalue weighted by atomic mass is 9.65. The van der Waals surface area contributed by atoms with Crippen LogP contribution in [0.1, 0.15) is 27.7 Å². The molecule has 0 aromatic heterocycles. The van der Waals surface area contributed by atoms with Crippen molar-refractivity contribution in [3.05, 3.63) is 47.6 Å². The van der Waals surface area contributed by atoms with Crippen molar-refractivity contribution < 1.29 is 0 Å². The number of allylic oxidation sites excluding steroid dienone is 8. The highest BCUT2D eigenvalue weighted by Crippen LogP contribution is 2.58. The van der Waals surface area contributed by atoms with Gasteiger partial charge in [0.05, 0.1) is 9.75 Å². The Morgan fingerprint density at radius 3 is 1.47 bits per heavy atom. The molecule has 0 spiro atoms. The van der Waals surface area contributed by atoms with E-state index in [1.807, 2.05) is 24.3 Å². The van der Waals surface area contributed by atoms with Crippen molar-refractivity contribution in [2.75, 3.05) is 0 Å². The van der Waals surface area contributed by atoms with Crippen molar-refractivity contribution >= 4 is 23.2 Å². The Bertz CT molecular complexity index is 423. The summed E-state index contributed by atoms with van der Waals surface area (Å²) in [4.78, 5) is -1.03. The van der Waals surface area contributed by atoms with E-state index in [2.05, 4.69) is 39.8 Å². The van der Waals surface area contributed by atoms with Gasteiger partial charge in [0.1, 0.15) is 0 Å². The summed E-state index contributed by atoms with van der Waals surface area (Å²) < 4.78 is 0. The molecule has 0 aliphatic heterocycles. The molecule has 0 nitrogen and oxygen atoms in total. The standard InChI is InChI=1S/C15H18Cl2/c1-11-7-5-9-14(11,16)13(3,4)15(17)10-6-8-12(15)2/h5-10H,1-4H3. The molecule has 2 rings (SSSR count). The van der Waals surface area contributed by atoms with Gasteiger partial charge >= 0.3 is 0 Å². The predicted octanol–water partition coefficient (Wildman–Crippen LogP) is 5.00. The van der Waals surface area contributed by atoms with E-state index >= 15 is 0 Å². The Balaban J connectivity index is 2.51. The number of rotatable bonds is 2. The highest BCUT2D eigenvalue weighted by atomic mass is 35.5. The zero-order valence-corrected chi connectivity index (χ0v) is 12.2. The third kappa shape index (κ3) is 1.50. The van der Waals surface area contributed by atoms with Gasteiger partial charge in [0.25, 0.3) is 0 Å². The second kappa shape index (κ2) is 3.76. The summed E-state index contributed by atoms with van der Waals surface area (Å²) in [7, 11) is 0. The van der Waals surface area contributed by atoms with E-state index in [9.17, 15) is 0 Å². The molecule has 0 bridgehead atoms. The van der Waals surface area contributed by atoms with Crippen molar-refractivity contribution in [1.82, 2.24) is 0 Å². The van der Waals surface area contributed by atoms with E-state index in [-0.39, 0.29) is 5.41 Å². The van der Waals surface area contributed by atoms with Gasteiger partial charge in [-0.1, -0.05) is 50.3 Å². The summed E-state index contributed by atoms with van der Waals surface area (Å²) in [5.41, 5.74) is 2.00. The van der Waals surface area contributed by atoms with Crippen molar-refractivity contribution in [1.29, 1.82) is 0 Å². The molecule has 17 heavy (non-hydrogen) atoms. The van der Waals surface area contributed by atoms with Gasteiger partial charge in [-0.2, -0.15) is 0 Å². The second-order valence-electron chi connectivity index (χ2n) is 5.47. The van der Waals surface area contributed by atoms with Gasteiger partial charge < -0.3 is 0 Å². The Morgan fingerprint density at radius 1 is 0.882 bits per heavy atom. The summed E-state index contributed by atoms with van der Waals surface area (Å²) >= 11 is 13.7. The molecular weight excluding hydrogens is 251 g/mol. The molecule has 0 radical (unpaired) electrons. The maximum atomic E-state index is 6.85. The van der Waals surface area contributed by atoms with Crippen LogP contribution in [0, 0.1) is 5.41 Å². The summed E-state index contributed by atoms with van der Waals surface area (Å²) in [6, 6.07) is 0. The molecule has 92 valence electrons. The Kier molecular flexibility index (Phi) is 2.88. The van der Waals surface area contributed by atoms with Crippen LogP contribution in [0.25, 0.3) is 0 Å². The van der Waals surface area contributed by atoms with Crippen LogP contribution in [0.3, 0.4) is 0 Å². The van der Waals surface area contributed by atoms with Gasteiger partial charge in [-0.05, 0) is 25.0 Å². The largest absolute Gasteiger partial charge is 0.109 e. The third-order valence-electron chi connectivity index (χ3n) is 4.31.